The normalized spacial score (nSPS) is 10.7. The summed E-state index contributed by atoms with van der Waals surface area (Å²) >= 11 is 1.59. The Labute approximate surface area is 130 Å². The molecule has 0 saturated heterocycles. The van der Waals surface area contributed by atoms with Crippen molar-refractivity contribution in [3.63, 3.8) is 0 Å². The predicted octanol–water partition coefficient (Wildman–Crippen LogP) is 4.21. The molecule has 2 N–H and O–H groups in total. The van der Waals surface area contributed by atoms with Gasteiger partial charge in [0.2, 0.25) is 5.69 Å². The summed E-state index contributed by atoms with van der Waals surface area (Å²) in [7, 11) is 0. The lowest BCUT2D eigenvalue weighted by Crippen LogP contribution is -1.98. The van der Waals surface area contributed by atoms with Gasteiger partial charge in [-0.15, -0.1) is 0 Å². The molecular weight excluding hydrogens is 300 g/mol. The van der Waals surface area contributed by atoms with Crippen molar-refractivity contribution in [3.05, 3.63) is 52.3 Å². The number of aromatic carboxylic acids is 1. The summed E-state index contributed by atoms with van der Waals surface area (Å²) in [5.41, 5.74) is 1.94. The van der Waals surface area contributed by atoms with Crippen LogP contribution >= 0.6 is 11.3 Å². The van der Waals surface area contributed by atoms with Gasteiger partial charge in [0.15, 0.2) is 0 Å². The Morgan fingerprint density at radius 1 is 1.41 bits per heavy atom. The molecule has 22 heavy (non-hydrogen) atoms. The molecule has 0 saturated carbocycles. The van der Waals surface area contributed by atoms with Gasteiger partial charge in [-0.3, -0.25) is 0 Å². The predicted molar refractivity (Wildman–Crippen MR) is 85.4 cm³/mol. The summed E-state index contributed by atoms with van der Waals surface area (Å²) in [6, 6.07) is 6.42. The number of nitrogens with zero attached hydrogens (tertiary/aromatic N) is 2. The molecule has 1 aromatic carbocycles. The van der Waals surface area contributed by atoms with Gasteiger partial charge in [0.1, 0.15) is 11.3 Å². The highest BCUT2D eigenvalue weighted by Gasteiger charge is 2.15. The number of aromatic hydroxyl groups is 1. The molecule has 6 heteroatoms. The van der Waals surface area contributed by atoms with Crippen LogP contribution in [0.5, 0.6) is 5.75 Å². The van der Waals surface area contributed by atoms with Crippen LogP contribution in [0.25, 0.3) is 20.7 Å². The van der Waals surface area contributed by atoms with Crippen molar-refractivity contribution < 1.29 is 15.0 Å². The van der Waals surface area contributed by atoms with Crippen LogP contribution in [-0.2, 0) is 6.42 Å². The summed E-state index contributed by atoms with van der Waals surface area (Å²) in [6.45, 7) is 9.35. The molecule has 0 unspecified atom stereocenters. The standard InChI is InChI=1S/C16H12N2O3S/c1-3-10-7-13-15(22-10)12(17-2)8-18(13)9-4-5-11(16(20)21)14(19)6-9/h4-8,19H,3H2,1H3,(H,20,21). The van der Waals surface area contributed by atoms with Gasteiger partial charge in [-0.2, -0.15) is 11.3 Å². The molecule has 0 bridgehead atoms. The largest absolute Gasteiger partial charge is 0.507 e. The summed E-state index contributed by atoms with van der Waals surface area (Å²) in [5.74, 6) is -1.46. The van der Waals surface area contributed by atoms with Gasteiger partial charge in [0.05, 0.1) is 16.8 Å². The minimum Gasteiger partial charge on any atom is -0.507 e. The average molecular weight is 312 g/mol. The van der Waals surface area contributed by atoms with E-state index in [4.69, 9.17) is 11.7 Å². The Kier molecular flexibility index (Phi) is 3.35. The lowest BCUT2D eigenvalue weighted by atomic mass is 10.2. The second-order valence-electron chi connectivity index (χ2n) is 4.78. The van der Waals surface area contributed by atoms with E-state index in [1.807, 2.05) is 10.6 Å². The first-order valence-electron chi connectivity index (χ1n) is 6.63. The number of aromatic nitrogens is 1. The SMILES string of the molecule is [C-]#[N+]c1cn(-c2ccc(C(=O)O)c(O)c2)c2cc(CC)sc12. The van der Waals surface area contributed by atoms with Crippen molar-refractivity contribution in [1.82, 2.24) is 4.57 Å². The Morgan fingerprint density at radius 2 is 2.18 bits per heavy atom. The van der Waals surface area contributed by atoms with Gasteiger partial charge in [0.25, 0.3) is 0 Å². The Bertz CT molecular complexity index is 931. The lowest BCUT2D eigenvalue weighted by molar-refractivity contribution is 0.0694. The summed E-state index contributed by atoms with van der Waals surface area (Å²) in [4.78, 5) is 15.7. The maximum absolute atomic E-state index is 11.0. The highest BCUT2D eigenvalue weighted by Crippen LogP contribution is 2.38. The third-order valence-electron chi connectivity index (χ3n) is 3.47. The van der Waals surface area contributed by atoms with E-state index < -0.39 is 5.97 Å². The number of phenols is 1. The van der Waals surface area contributed by atoms with Crippen LogP contribution in [0, 0.1) is 6.57 Å². The van der Waals surface area contributed by atoms with Crippen molar-refractivity contribution in [2.45, 2.75) is 13.3 Å². The lowest BCUT2D eigenvalue weighted by Gasteiger charge is -2.07. The number of fused-ring (bicyclic) bond motifs is 1. The number of aryl methyl sites for hydroxylation is 1. The smallest absolute Gasteiger partial charge is 0.339 e. The Hall–Kier alpha value is -2.78. The fourth-order valence-electron chi connectivity index (χ4n) is 2.36. The van der Waals surface area contributed by atoms with Gasteiger partial charge in [-0.05, 0) is 24.6 Å². The first kappa shape index (κ1) is 14.2. The molecule has 0 aliphatic heterocycles. The number of carboxylic acid groups (broad SMARTS) is 1. The molecule has 5 nitrogen and oxygen atoms in total. The van der Waals surface area contributed by atoms with Gasteiger partial charge < -0.3 is 14.8 Å². The first-order chi connectivity index (χ1) is 10.5. The van der Waals surface area contributed by atoms with E-state index in [1.54, 1.807) is 23.6 Å². The molecule has 0 aliphatic carbocycles. The average Bonchev–Trinajstić information content (AvgIpc) is 3.04. The fraction of sp³-hybridized carbons (Fsp3) is 0.125. The van der Waals surface area contributed by atoms with Crippen LogP contribution in [0.2, 0.25) is 0 Å². The van der Waals surface area contributed by atoms with E-state index in [1.165, 1.54) is 17.0 Å². The summed E-state index contributed by atoms with van der Waals surface area (Å²) in [5, 5.41) is 18.8. The third kappa shape index (κ3) is 2.12. The number of hydrogen-bond donors (Lipinski definition) is 2. The van der Waals surface area contributed by atoms with Gasteiger partial charge in [0, 0.05) is 22.8 Å². The maximum Gasteiger partial charge on any atom is 0.339 e. The number of rotatable bonds is 3. The van der Waals surface area contributed by atoms with Crippen LogP contribution in [0.1, 0.15) is 22.2 Å². The Balaban J connectivity index is 2.22. The summed E-state index contributed by atoms with van der Waals surface area (Å²) in [6.07, 6.45) is 2.60. The second kappa shape index (κ2) is 5.20. The van der Waals surface area contributed by atoms with E-state index in [2.05, 4.69) is 11.8 Å². The minimum atomic E-state index is -1.17. The molecule has 0 radical (unpaired) electrons. The van der Waals surface area contributed by atoms with Crippen molar-refractivity contribution in [3.8, 4) is 11.4 Å². The number of thiophene rings is 1. The molecule has 3 rings (SSSR count). The molecule has 0 spiro atoms. The monoisotopic (exact) mass is 312 g/mol. The molecule has 0 atom stereocenters. The van der Waals surface area contributed by atoms with E-state index in [0.717, 1.165) is 16.6 Å². The zero-order valence-corrected chi connectivity index (χ0v) is 12.5. The zero-order chi connectivity index (χ0) is 15.9. The van der Waals surface area contributed by atoms with Crippen LogP contribution in [0.3, 0.4) is 0 Å². The molecule has 0 aliphatic rings. The van der Waals surface area contributed by atoms with Crippen molar-refractivity contribution in [2.75, 3.05) is 0 Å². The van der Waals surface area contributed by atoms with Gasteiger partial charge >= 0.3 is 5.97 Å². The highest BCUT2D eigenvalue weighted by atomic mass is 32.1. The number of carbonyl (C=O) groups is 1. The first-order valence-corrected chi connectivity index (χ1v) is 7.44. The third-order valence-corrected chi connectivity index (χ3v) is 4.76. The topological polar surface area (TPSA) is 66.8 Å². The van der Waals surface area contributed by atoms with Crippen LogP contribution in [0.4, 0.5) is 5.69 Å². The van der Waals surface area contributed by atoms with E-state index >= 15 is 0 Å². The molecule has 2 heterocycles. The van der Waals surface area contributed by atoms with Crippen molar-refractivity contribution in [2.24, 2.45) is 0 Å². The summed E-state index contributed by atoms with van der Waals surface area (Å²) < 4.78 is 2.72. The molecular formula is C16H12N2O3S. The second-order valence-corrected chi connectivity index (χ2v) is 5.92. The van der Waals surface area contributed by atoms with Gasteiger partial charge in [-0.1, -0.05) is 6.92 Å². The van der Waals surface area contributed by atoms with Crippen LogP contribution in [-0.4, -0.2) is 20.7 Å². The maximum atomic E-state index is 11.0. The number of carboxylic acids is 1. The zero-order valence-electron chi connectivity index (χ0n) is 11.7. The Morgan fingerprint density at radius 3 is 2.77 bits per heavy atom. The van der Waals surface area contributed by atoms with Crippen molar-refractivity contribution in [1.29, 1.82) is 0 Å². The van der Waals surface area contributed by atoms with Crippen LogP contribution < -0.4 is 0 Å². The number of hydrogen-bond acceptors (Lipinski definition) is 3. The molecule has 110 valence electrons. The fourth-order valence-corrected chi connectivity index (χ4v) is 3.40. The number of benzene rings is 1. The molecule has 3 aromatic rings. The van der Waals surface area contributed by atoms with Crippen LogP contribution in [0.15, 0.2) is 30.5 Å². The van der Waals surface area contributed by atoms with Crippen molar-refractivity contribution >= 4 is 33.2 Å². The molecule has 0 fully saturated rings. The van der Waals surface area contributed by atoms with Gasteiger partial charge in [-0.25, -0.2) is 9.64 Å². The molecule has 0 amide bonds. The quantitative estimate of drug-likeness (QED) is 0.712. The minimum absolute atomic E-state index is 0.142. The molecule has 2 aromatic heterocycles. The highest BCUT2D eigenvalue weighted by molar-refractivity contribution is 7.19. The van der Waals surface area contributed by atoms with E-state index in [0.29, 0.717) is 11.4 Å². The van der Waals surface area contributed by atoms with E-state index in [-0.39, 0.29) is 11.3 Å². The van der Waals surface area contributed by atoms with E-state index in [9.17, 15) is 9.90 Å².